The van der Waals surface area contributed by atoms with Crippen molar-refractivity contribution in [2.45, 2.75) is 26.2 Å². The number of methoxy groups -OCH3 is 1. The van der Waals surface area contributed by atoms with Gasteiger partial charge in [-0.15, -0.1) is 0 Å². The van der Waals surface area contributed by atoms with E-state index in [1.165, 1.54) is 13.2 Å². The third-order valence-electron chi connectivity index (χ3n) is 2.80. The van der Waals surface area contributed by atoms with Crippen molar-refractivity contribution in [3.05, 3.63) is 39.3 Å². The van der Waals surface area contributed by atoms with E-state index in [-0.39, 0.29) is 20.6 Å². The van der Waals surface area contributed by atoms with Crippen molar-refractivity contribution >= 4 is 45.2 Å². The number of carbonyl (C=O) groups excluding carboxylic acids is 2. The van der Waals surface area contributed by atoms with Crippen molar-refractivity contribution in [2.24, 2.45) is 0 Å². The third-order valence-corrected chi connectivity index (χ3v) is 4.16. The summed E-state index contributed by atoms with van der Waals surface area (Å²) in [5, 5.41) is 4.54. The standard InChI is InChI=1S/C15H17BrClFN2O3/c1-15(2,3)8-7-9(13(18)11(16)12(8)17)19-14(22)20-10(21)5-6-23-4/h5-7H,1-4H3,(H2,19,20,21,22)/b6-5+. The molecule has 0 fully saturated rings. The molecule has 0 spiro atoms. The fraction of sp³-hybridized carbons (Fsp3) is 0.333. The molecule has 5 nitrogen and oxygen atoms in total. The highest BCUT2D eigenvalue weighted by Crippen LogP contribution is 2.39. The maximum Gasteiger partial charge on any atom is 0.326 e. The Bertz CT molecular complexity index is 657. The minimum atomic E-state index is -0.872. The van der Waals surface area contributed by atoms with Crippen LogP contribution < -0.4 is 10.6 Å². The lowest BCUT2D eigenvalue weighted by atomic mass is 9.86. The lowest BCUT2D eigenvalue weighted by Crippen LogP contribution is -2.33. The van der Waals surface area contributed by atoms with Gasteiger partial charge < -0.3 is 10.1 Å². The van der Waals surface area contributed by atoms with Crippen LogP contribution in [0.3, 0.4) is 0 Å². The van der Waals surface area contributed by atoms with Crippen molar-refractivity contribution in [1.29, 1.82) is 0 Å². The van der Waals surface area contributed by atoms with E-state index in [4.69, 9.17) is 11.6 Å². The Morgan fingerprint density at radius 1 is 1.39 bits per heavy atom. The molecule has 0 heterocycles. The highest BCUT2D eigenvalue weighted by molar-refractivity contribution is 9.10. The van der Waals surface area contributed by atoms with Crippen LogP contribution in [0.4, 0.5) is 14.9 Å². The molecule has 126 valence electrons. The lowest BCUT2D eigenvalue weighted by Gasteiger charge is -2.23. The molecule has 1 rings (SSSR count). The van der Waals surface area contributed by atoms with Gasteiger partial charge in [-0.3, -0.25) is 10.1 Å². The van der Waals surface area contributed by atoms with Gasteiger partial charge in [-0.05, 0) is 33.0 Å². The number of urea groups is 1. The molecule has 0 unspecified atom stereocenters. The molecule has 0 aliphatic carbocycles. The van der Waals surface area contributed by atoms with Gasteiger partial charge in [-0.25, -0.2) is 9.18 Å². The van der Waals surface area contributed by atoms with Gasteiger partial charge in [0, 0.05) is 6.08 Å². The Morgan fingerprint density at radius 3 is 2.52 bits per heavy atom. The Labute approximate surface area is 147 Å². The second-order valence-electron chi connectivity index (χ2n) is 5.65. The molecule has 0 bridgehead atoms. The number of imide groups is 1. The van der Waals surface area contributed by atoms with Crippen LogP contribution in [0.25, 0.3) is 0 Å². The van der Waals surface area contributed by atoms with Gasteiger partial charge >= 0.3 is 6.03 Å². The molecule has 3 amide bonds. The number of rotatable bonds is 3. The first-order valence-electron chi connectivity index (χ1n) is 6.57. The third kappa shape index (κ3) is 5.21. The molecule has 0 saturated carbocycles. The largest absolute Gasteiger partial charge is 0.504 e. The zero-order chi connectivity index (χ0) is 17.8. The molecule has 0 atom stereocenters. The summed E-state index contributed by atoms with van der Waals surface area (Å²) in [4.78, 5) is 23.1. The highest BCUT2D eigenvalue weighted by Gasteiger charge is 2.24. The van der Waals surface area contributed by atoms with Crippen molar-refractivity contribution < 1.29 is 18.7 Å². The van der Waals surface area contributed by atoms with Gasteiger partial charge in [0.1, 0.15) is 0 Å². The summed E-state index contributed by atoms with van der Waals surface area (Å²) in [6.45, 7) is 5.71. The molecule has 0 aliphatic rings. The smallest absolute Gasteiger partial charge is 0.326 e. The molecule has 0 saturated heterocycles. The number of halogens is 3. The fourth-order valence-electron chi connectivity index (χ4n) is 1.68. The Morgan fingerprint density at radius 2 is 2.00 bits per heavy atom. The van der Waals surface area contributed by atoms with E-state index in [0.29, 0.717) is 5.56 Å². The Kier molecular flexibility index (Phi) is 6.58. The molecule has 0 aromatic heterocycles. The first-order chi connectivity index (χ1) is 10.6. The number of anilines is 1. The summed E-state index contributed by atoms with van der Waals surface area (Å²) in [6.07, 6.45) is 2.13. The molecule has 2 N–H and O–H groups in total. The number of carbonyl (C=O) groups is 2. The molecule has 1 aromatic carbocycles. The predicted octanol–water partition coefficient (Wildman–Crippen LogP) is 4.35. The summed E-state index contributed by atoms with van der Waals surface area (Å²) >= 11 is 9.22. The van der Waals surface area contributed by atoms with Crippen LogP contribution in [0.2, 0.25) is 5.02 Å². The molecule has 8 heteroatoms. The average molecular weight is 408 g/mol. The van der Waals surface area contributed by atoms with E-state index in [0.717, 1.165) is 12.3 Å². The maximum atomic E-state index is 14.2. The van der Waals surface area contributed by atoms with E-state index >= 15 is 0 Å². The molecular formula is C15H17BrClFN2O3. The van der Waals surface area contributed by atoms with Gasteiger partial charge in [-0.1, -0.05) is 32.4 Å². The van der Waals surface area contributed by atoms with Gasteiger partial charge in [0.15, 0.2) is 5.82 Å². The molecular weight excluding hydrogens is 391 g/mol. The van der Waals surface area contributed by atoms with Gasteiger partial charge in [0.2, 0.25) is 0 Å². The number of ether oxygens (including phenoxy) is 1. The average Bonchev–Trinajstić information content (AvgIpc) is 2.44. The van der Waals surface area contributed by atoms with Crippen LogP contribution in [-0.2, 0) is 14.9 Å². The summed E-state index contributed by atoms with van der Waals surface area (Å²) in [6, 6.07) is 0.570. The van der Waals surface area contributed by atoms with E-state index in [2.05, 4.69) is 26.0 Å². The second kappa shape index (κ2) is 7.79. The minimum absolute atomic E-state index is 0.0486. The maximum absolute atomic E-state index is 14.2. The van der Waals surface area contributed by atoms with Crippen LogP contribution in [0.5, 0.6) is 0 Å². The van der Waals surface area contributed by atoms with Crippen LogP contribution in [0.15, 0.2) is 22.9 Å². The zero-order valence-corrected chi connectivity index (χ0v) is 15.4. The number of amides is 3. The van der Waals surface area contributed by atoms with Crippen molar-refractivity contribution in [1.82, 2.24) is 5.32 Å². The molecule has 1 aromatic rings. The normalized spacial score (nSPS) is 11.4. The van der Waals surface area contributed by atoms with Gasteiger partial charge in [0.05, 0.1) is 28.6 Å². The van der Waals surface area contributed by atoms with Gasteiger partial charge in [0.25, 0.3) is 5.91 Å². The second-order valence-corrected chi connectivity index (χ2v) is 6.82. The lowest BCUT2D eigenvalue weighted by molar-refractivity contribution is -0.115. The summed E-state index contributed by atoms with van der Waals surface area (Å²) in [5.41, 5.74) is 0.192. The Hall–Kier alpha value is -1.60. The van der Waals surface area contributed by atoms with Gasteiger partial charge in [-0.2, -0.15) is 0 Å². The number of hydrogen-bond donors (Lipinski definition) is 2. The minimum Gasteiger partial charge on any atom is -0.504 e. The number of hydrogen-bond acceptors (Lipinski definition) is 3. The SMILES string of the molecule is CO/C=C/C(=O)NC(=O)Nc1cc(C(C)(C)C)c(Cl)c(Br)c1F. The summed E-state index contributed by atoms with van der Waals surface area (Å²) in [7, 11) is 1.36. The van der Waals surface area contributed by atoms with Crippen LogP contribution >= 0.6 is 27.5 Å². The molecule has 23 heavy (non-hydrogen) atoms. The van der Waals surface area contributed by atoms with Crippen molar-refractivity contribution in [2.75, 3.05) is 12.4 Å². The van der Waals surface area contributed by atoms with E-state index < -0.39 is 17.8 Å². The number of nitrogens with one attached hydrogen (secondary N) is 2. The monoisotopic (exact) mass is 406 g/mol. The summed E-state index contributed by atoms with van der Waals surface area (Å²) in [5.74, 6) is -1.42. The van der Waals surface area contributed by atoms with Crippen molar-refractivity contribution in [3.8, 4) is 0 Å². The van der Waals surface area contributed by atoms with Crippen LogP contribution in [0.1, 0.15) is 26.3 Å². The number of benzene rings is 1. The zero-order valence-electron chi connectivity index (χ0n) is 13.1. The quantitative estimate of drug-likeness (QED) is 0.445. The van der Waals surface area contributed by atoms with E-state index in [9.17, 15) is 14.0 Å². The fourth-order valence-corrected chi connectivity index (χ4v) is 2.53. The first-order valence-corrected chi connectivity index (χ1v) is 7.74. The summed E-state index contributed by atoms with van der Waals surface area (Å²) < 4.78 is 18.8. The molecule has 0 radical (unpaired) electrons. The molecule has 0 aliphatic heterocycles. The first kappa shape index (κ1) is 19.4. The highest BCUT2D eigenvalue weighted by atomic mass is 79.9. The predicted molar refractivity (Wildman–Crippen MR) is 91.1 cm³/mol. The van der Waals surface area contributed by atoms with E-state index in [1.807, 2.05) is 26.1 Å². The van der Waals surface area contributed by atoms with E-state index in [1.54, 1.807) is 0 Å². The van der Waals surface area contributed by atoms with Crippen molar-refractivity contribution in [3.63, 3.8) is 0 Å². The van der Waals surface area contributed by atoms with Crippen LogP contribution in [0, 0.1) is 5.82 Å². The Balaban J connectivity index is 3.05. The van der Waals surface area contributed by atoms with Crippen LogP contribution in [-0.4, -0.2) is 19.0 Å². The topological polar surface area (TPSA) is 67.4 Å².